The molecule has 0 bridgehead atoms. The Labute approximate surface area is 146 Å². The van der Waals surface area contributed by atoms with Gasteiger partial charge in [-0.05, 0) is 51.1 Å². The molecule has 0 radical (unpaired) electrons. The third-order valence-corrected chi connectivity index (χ3v) is 4.75. The largest absolute Gasteiger partial charge is 0.497 e. The summed E-state index contributed by atoms with van der Waals surface area (Å²) in [5, 5.41) is 3.00. The number of aliphatic imine (C=N–C) groups is 1. The highest BCUT2D eigenvalue weighted by molar-refractivity contribution is 8.16. The van der Waals surface area contributed by atoms with Crippen molar-refractivity contribution in [3.8, 4) is 11.4 Å². The van der Waals surface area contributed by atoms with Crippen LogP contribution in [0.25, 0.3) is 11.4 Å². The van der Waals surface area contributed by atoms with Gasteiger partial charge in [-0.15, -0.1) is 0 Å². The maximum absolute atomic E-state index is 5.25. The molecule has 5 nitrogen and oxygen atoms in total. The molecule has 0 saturated heterocycles. The monoisotopic (exact) mass is 342 g/mol. The van der Waals surface area contributed by atoms with Crippen LogP contribution in [0.3, 0.4) is 0 Å². The van der Waals surface area contributed by atoms with E-state index in [1.165, 1.54) is 17.0 Å². The van der Waals surface area contributed by atoms with Gasteiger partial charge in [-0.1, -0.05) is 11.8 Å². The Morgan fingerprint density at radius 3 is 2.50 bits per heavy atom. The summed E-state index contributed by atoms with van der Waals surface area (Å²) in [6, 6.07) is 10.3. The van der Waals surface area contributed by atoms with Crippen molar-refractivity contribution < 1.29 is 4.74 Å². The lowest BCUT2D eigenvalue weighted by molar-refractivity contribution is 0.414. The minimum absolute atomic E-state index is 0.770. The number of rotatable bonds is 4. The Morgan fingerprint density at radius 2 is 1.92 bits per heavy atom. The first-order chi connectivity index (χ1) is 11.6. The second-order valence-electron chi connectivity index (χ2n) is 5.50. The standard InChI is InChI=1S/C18H22N4OS/c1-5-19-18-21-20-17(11-24-18)16-10-12(2)22(13(16)3)14-6-8-15(23-4)9-7-14/h6-11,20H,5H2,1-4H3,(H,19,21). The van der Waals surface area contributed by atoms with E-state index < -0.39 is 0 Å². The van der Waals surface area contributed by atoms with Crippen LogP contribution in [0.4, 0.5) is 0 Å². The summed E-state index contributed by atoms with van der Waals surface area (Å²) in [6.45, 7) is 7.05. The molecular weight excluding hydrogens is 320 g/mol. The minimum Gasteiger partial charge on any atom is -0.497 e. The zero-order chi connectivity index (χ0) is 17.1. The molecule has 126 valence electrons. The van der Waals surface area contributed by atoms with Crippen LogP contribution in [0.2, 0.25) is 0 Å². The number of aryl methyl sites for hydroxylation is 1. The second-order valence-corrected chi connectivity index (χ2v) is 6.36. The van der Waals surface area contributed by atoms with Gasteiger partial charge in [-0.25, -0.2) is 0 Å². The summed E-state index contributed by atoms with van der Waals surface area (Å²) in [5.41, 5.74) is 12.1. The Balaban J connectivity index is 1.93. The van der Waals surface area contributed by atoms with Gasteiger partial charge in [-0.2, -0.15) is 0 Å². The maximum atomic E-state index is 5.25. The molecule has 0 amide bonds. The number of ether oxygens (including phenoxy) is 1. The van der Waals surface area contributed by atoms with E-state index in [1.807, 2.05) is 19.1 Å². The predicted molar refractivity (Wildman–Crippen MR) is 102 cm³/mol. The topological polar surface area (TPSA) is 50.6 Å². The normalized spacial score (nSPS) is 15.7. The first-order valence-electron chi connectivity index (χ1n) is 7.91. The van der Waals surface area contributed by atoms with Crippen LogP contribution in [-0.2, 0) is 0 Å². The van der Waals surface area contributed by atoms with Gasteiger partial charge in [0.15, 0.2) is 5.17 Å². The molecule has 1 aromatic heterocycles. The number of methoxy groups -OCH3 is 1. The molecule has 1 aliphatic rings. The molecule has 0 fully saturated rings. The molecule has 24 heavy (non-hydrogen) atoms. The van der Waals surface area contributed by atoms with Gasteiger partial charge in [0, 0.05) is 34.6 Å². The molecule has 0 aliphatic carbocycles. The molecule has 2 aromatic rings. The SMILES string of the molecule is CCN=C1NNC(c2cc(C)n(-c3ccc(OC)cc3)c2C)=CS1. The van der Waals surface area contributed by atoms with E-state index in [9.17, 15) is 0 Å². The average Bonchev–Trinajstić information content (AvgIpc) is 2.90. The van der Waals surface area contributed by atoms with Crippen LogP contribution in [-0.4, -0.2) is 23.4 Å². The molecule has 0 saturated carbocycles. The summed E-state index contributed by atoms with van der Waals surface area (Å²) >= 11 is 1.60. The molecule has 2 heterocycles. The summed E-state index contributed by atoms with van der Waals surface area (Å²) < 4.78 is 7.49. The quantitative estimate of drug-likeness (QED) is 0.891. The van der Waals surface area contributed by atoms with Crippen LogP contribution in [0.15, 0.2) is 40.7 Å². The molecule has 0 atom stereocenters. The molecule has 3 rings (SSSR count). The highest BCUT2D eigenvalue weighted by Gasteiger charge is 2.17. The highest BCUT2D eigenvalue weighted by Crippen LogP contribution is 2.28. The molecule has 1 aromatic carbocycles. The van der Waals surface area contributed by atoms with E-state index >= 15 is 0 Å². The molecule has 2 N–H and O–H groups in total. The van der Waals surface area contributed by atoms with Crippen molar-refractivity contribution >= 4 is 22.6 Å². The summed E-state index contributed by atoms with van der Waals surface area (Å²) in [4.78, 5) is 4.37. The Morgan fingerprint density at radius 1 is 1.17 bits per heavy atom. The molecule has 0 unspecified atom stereocenters. The van der Waals surface area contributed by atoms with Crippen molar-refractivity contribution in [1.29, 1.82) is 0 Å². The molecule has 0 spiro atoms. The smallest absolute Gasteiger partial charge is 0.179 e. The van der Waals surface area contributed by atoms with Crippen LogP contribution in [0, 0.1) is 13.8 Å². The zero-order valence-corrected chi connectivity index (χ0v) is 15.2. The molecular formula is C18H22N4OS. The number of thioether (sulfide) groups is 1. The second kappa shape index (κ2) is 7.05. The lowest BCUT2D eigenvalue weighted by Crippen LogP contribution is -2.37. The lowest BCUT2D eigenvalue weighted by atomic mass is 10.2. The van der Waals surface area contributed by atoms with E-state index in [-0.39, 0.29) is 0 Å². The number of hydrazine groups is 1. The lowest BCUT2D eigenvalue weighted by Gasteiger charge is -2.19. The number of hydrogen-bond acceptors (Lipinski definition) is 4. The van der Waals surface area contributed by atoms with E-state index in [4.69, 9.17) is 4.74 Å². The van der Waals surface area contributed by atoms with Gasteiger partial charge in [0.1, 0.15) is 5.75 Å². The van der Waals surface area contributed by atoms with E-state index in [1.54, 1.807) is 18.9 Å². The van der Waals surface area contributed by atoms with Gasteiger partial charge < -0.3 is 9.30 Å². The maximum Gasteiger partial charge on any atom is 0.179 e. The first-order valence-corrected chi connectivity index (χ1v) is 8.79. The van der Waals surface area contributed by atoms with E-state index in [0.29, 0.717) is 0 Å². The zero-order valence-electron chi connectivity index (χ0n) is 14.4. The fourth-order valence-corrected chi connectivity index (χ4v) is 3.54. The van der Waals surface area contributed by atoms with Crippen LogP contribution in [0.1, 0.15) is 23.9 Å². The fourth-order valence-electron chi connectivity index (χ4n) is 2.81. The number of benzene rings is 1. The molecule has 6 heteroatoms. The fraction of sp³-hybridized carbons (Fsp3) is 0.278. The third kappa shape index (κ3) is 3.14. The van der Waals surface area contributed by atoms with E-state index in [0.717, 1.165) is 28.8 Å². The Hall–Kier alpha value is -2.34. The number of aromatic nitrogens is 1. The number of nitrogens with one attached hydrogen (secondary N) is 2. The van der Waals surface area contributed by atoms with Gasteiger partial charge >= 0.3 is 0 Å². The summed E-state index contributed by atoms with van der Waals surface area (Å²) in [6.07, 6.45) is 0. The van der Waals surface area contributed by atoms with Crippen LogP contribution < -0.4 is 15.6 Å². The Bertz CT molecular complexity index is 790. The number of hydrogen-bond donors (Lipinski definition) is 2. The average molecular weight is 342 g/mol. The Kier molecular flexibility index (Phi) is 4.85. The number of amidine groups is 1. The highest BCUT2D eigenvalue weighted by atomic mass is 32.2. The van der Waals surface area contributed by atoms with Crippen molar-refractivity contribution in [3.05, 3.63) is 52.7 Å². The predicted octanol–water partition coefficient (Wildman–Crippen LogP) is 3.62. The van der Waals surface area contributed by atoms with Gasteiger partial charge in [0.2, 0.25) is 0 Å². The minimum atomic E-state index is 0.770. The van der Waals surface area contributed by atoms with Gasteiger partial charge in [0.05, 0.1) is 12.8 Å². The van der Waals surface area contributed by atoms with Crippen molar-refractivity contribution in [1.82, 2.24) is 15.4 Å². The van der Waals surface area contributed by atoms with Crippen molar-refractivity contribution in [2.24, 2.45) is 4.99 Å². The van der Waals surface area contributed by atoms with Crippen LogP contribution in [0.5, 0.6) is 5.75 Å². The van der Waals surface area contributed by atoms with E-state index in [2.05, 4.69) is 57.9 Å². The summed E-state index contributed by atoms with van der Waals surface area (Å²) in [5.74, 6) is 0.862. The van der Waals surface area contributed by atoms with Gasteiger partial charge in [-0.3, -0.25) is 15.8 Å². The molecule has 1 aliphatic heterocycles. The van der Waals surface area contributed by atoms with Gasteiger partial charge in [0.25, 0.3) is 0 Å². The third-order valence-electron chi connectivity index (χ3n) is 3.95. The number of nitrogens with zero attached hydrogens (tertiary/aromatic N) is 2. The summed E-state index contributed by atoms with van der Waals surface area (Å²) in [7, 11) is 1.68. The van der Waals surface area contributed by atoms with Crippen molar-refractivity contribution in [2.45, 2.75) is 20.8 Å². The van der Waals surface area contributed by atoms with Crippen molar-refractivity contribution in [3.63, 3.8) is 0 Å². The van der Waals surface area contributed by atoms with Crippen LogP contribution >= 0.6 is 11.8 Å². The first kappa shape index (κ1) is 16.5. The van der Waals surface area contributed by atoms with Crippen molar-refractivity contribution in [2.75, 3.05) is 13.7 Å².